The number of aromatic nitrogens is 2. The van der Waals surface area contributed by atoms with Gasteiger partial charge >= 0.3 is 0 Å². The SMILES string of the molecule is CC(N)CCC(=O)N1CCN(c2ncnc3sccc23)CC1. The lowest BCUT2D eigenvalue weighted by Gasteiger charge is -2.35. The van der Waals surface area contributed by atoms with Crippen LogP contribution in [0.1, 0.15) is 19.8 Å². The monoisotopic (exact) mass is 319 g/mol. The molecule has 3 heterocycles. The Morgan fingerprint density at radius 2 is 2.14 bits per heavy atom. The van der Waals surface area contributed by atoms with Gasteiger partial charge in [-0.05, 0) is 24.8 Å². The molecule has 118 valence electrons. The zero-order chi connectivity index (χ0) is 15.5. The topological polar surface area (TPSA) is 75.4 Å². The van der Waals surface area contributed by atoms with Crippen molar-refractivity contribution in [2.75, 3.05) is 31.1 Å². The highest BCUT2D eigenvalue weighted by Gasteiger charge is 2.23. The van der Waals surface area contributed by atoms with Gasteiger partial charge in [-0.15, -0.1) is 11.3 Å². The maximum Gasteiger partial charge on any atom is 0.222 e. The molecule has 0 radical (unpaired) electrons. The molecule has 1 amide bonds. The van der Waals surface area contributed by atoms with Crippen molar-refractivity contribution >= 4 is 33.3 Å². The van der Waals surface area contributed by atoms with E-state index < -0.39 is 0 Å². The Morgan fingerprint density at radius 1 is 1.36 bits per heavy atom. The minimum absolute atomic E-state index is 0.0816. The molecule has 2 N–H and O–H groups in total. The zero-order valence-corrected chi connectivity index (χ0v) is 13.6. The summed E-state index contributed by atoms with van der Waals surface area (Å²) in [7, 11) is 0. The van der Waals surface area contributed by atoms with Crippen molar-refractivity contribution < 1.29 is 4.79 Å². The van der Waals surface area contributed by atoms with E-state index in [1.807, 2.05) is 17.2 Å². The van der Waals surface area contributed by atoms with Gasteiger partial charge in [0.15, 0.2) is 0 Å². The van der Waals surface area contributed by atoms with Crippen molar-refractivity contribution in [3.05, 3.63) is 17.8 Å². The molecule has 22 heavy (non-hydrogen) atoms. The van der Waals surface area contributed by atoms with E-state index in [4.69, 9.17) is 5.73 Å². The van der Waals surface area contributed by atoms with E-state index in [1.165, 1.54) is 0 Å². The first kappa shape index (κ1) is 15.2. The third-order valence-electron chi connectivity index (χ3n) is 3.99. The molecule has 2 aromatic heterocycles. The average Bonchev–Trinajstić information content (AvgIpc) is 3.01. The van der Waals surface area contributed by atoms with Crippen LogP contribution in [0.3, 0.4) is 0 Å². The van der Waals surface area contributed by atoms with Crippen LogP contribution >= 0.6 is 11.3 Å². The van der Waals surface area contributed by atoms with Crippen LogP contribution in [0, 0.1) is 0 Å². The number of carbonyl (C=O) groups excluding carboxylic acids is 1. The number of hydrogen-bond acceptors (Lipinski definition) is 6. The minimum atomic E-state index is 0.0816. The fraction of sp³-hybridized carbons (Fsp3) is 0.533. The number of anilines is 1. The summed E-state index contributed by atoms with van der Waals surface area (Å²) in [4.78, 5) is 26.1. The van der Waals surface area contributed by atoms with Crippen LogP contribution in [0.2, 0.25) is 0 Å². The molecule has 1 unspecified atom stereocenters. The van der Waals surface area contributed by atoms with Gasteiger partial charge in [0, 0.05) is 38.6 Å². The number of rotatable bonds is 4. The maximum atomic E-state index is 12.1. The van der Waals surface area contributed by atoms with Gasteiger partial charge in [0.2, 0.25) is 5.91 Å². The third kappa shape index (κ3) is 3.20. The number of piperazine rings is 1. The van der Waals surface area contributed by atoms with Crippen molar-refractivity contribution in [2.45, 2.75) is 25.8 Å². The van der Waals surface area contributed by atoms with Crippen LogP contribution in [0.5, 0.6) is 0 Å². The predicted molar refractivity (Wildman–Crippen MR) is 89.1 cm³/mol. The molecular formula is C15H21N5OS. The molecule has 0 bridgehead atoms. The van der Waals surface area contributed by atoms with E-state index in [2.05, 4.69) is 20.9 Å². The summed E-state index contributed by atoms with van der Waals surface area (Å²) in [6, 6.07) is 2.15. The molecule has 7 heteroatoms. The molecule has 1 aliphatic rings. The molecule has 1 aliphatic heterocycles. The van der Waals surface area contributed by atoms with Crippen molar-refractivity contribution in [1.29, 1.82) is 0 Å². The summed E-state index contributed by atoms with van der Waals surface area (Å²) in [6.45, 7) is 5.05. The smallest absolute Gasteiger partial charge is 0.222 e. The van der Waals surface area contributed by atoms with Crippen LogP contribution in [-0.4, -0.2) is 53.0 Å². The number of nitrogens with two attached hydrogens (primary N) is 1. The molecular weight excluding hydrogens is 298 g/mol. The lowest BCUT2D eigenvalue weighted by molar-refractivity contribution is -0.131. The normalized spacial score (nSPS) is 17.0. The Labute approximate surface area is 133 Å². The summed E-state index contributed by atoms with van der Waals surface area (Å²) in [5, 5.41) is 3.14. The molecule has 0 saturated carbocycles. The Morgan fingerprint density at radius 3 is 2.86 bits per heavy atom. The lowest BCUT2D eigenvalue weighted by atomic mass is 10.1. The summed E-state index contributed by atoms with van der Waals surface area (Å²) in [5.41, 5.74) is 5.72. The second kappa shape index (κ2) is 6.58. The molecule has 1 saturated heterocycles. The number of thiophene rings is 1. The first-order valence-electron chi connectivity index (χ1n) is 7.61. The number of carbonyl (C=O) groups is 1. The molecule has 1 fully saturated rings. The fourth-order valence-corrected chi connectivity index (χ4v) is 3.43. The Bertz CT molecular complexity index is 648. The van der Waals surface area contributed by atoms with Gasteiger partial charge in [-0.3, -0.25) is 4.79 Å². The number of fused-ring (bicyclic) bond motifs is 1. The Hall–Kier alpha value is -1.73. The molecule has 0 spiro atoms. The molecule has 2 aromatic rings. The van der Waals surface area contributed by atoms with Gasteiger partial charge in [0.05, 0.1) is 5.39 Å². The van der Waals surface area contributed by atoms with Crippen molar-refractivity contribution in [1.82, 2.24) is 14.9 Å². The number of hydrogen-bond donors (Lipinski definition) is 1. The first-order chi connectivity index (χ1) is 10.6. The van der Waals surface area contributed by atoms with Crippen molar-refractivity contribution in [3.8, 4) is 0 Å². The van der Waals surface area contributed by atoms with E-state index in [0.717, 1.165) is 48.6 Å². The van der Waals surface area contributed by atoms with Gasteiger partial charge < -0.3 is 15.5 Å². The van der Waals surface area contributed by atoms with E-state index in [1.54, 1.807) is 17.7 Å². The van der Waals surface area contributed by atoms with Gasteiger partial charge in [-0.25, -0.2) is 9.97 Å². The second-order valence-electron chi connectivity index (χ2n) is 5.72. The highest BCUT2D eigenvalue weighted by Crippen LogP contribution is 2.27. The fourth-order valence-electron chi connectivity index (χ4n) is 2.71. The number of amides is 1. The highest BCUT2D eigenvalue weighted by atomic mass is 32.1. The van der Waals surface area contributed by atoms with E-state index in [9.17, 15) is 4.79 Å². The average molecular weight is 319 g/mol. The standard InChI is InChI=1S/C15H21N5OS/c1-11(16)2-3-13(21)19-5-7-20(8-6-19)14-12-4-9-22-15(12)18-10-17-14/h4,9-11H,2-3,5-8,16H2,1H3. The summed E-state index contributed by atoms with van der Waals surface area (Å²) < 4.78 is 0. The summed E-state index contributed by atoms with van der Waals surface area (Å²) >= 11 is 1.63. The largest absolute Gasteiger partial charge is 0.352 e. The quantitative estimate of drug-likeness (QED) is 0.923. The van der Waals surface area contributed by atoms with E-state index in [0.29, 0.717) is 6.42 Å². The Balaban J connectivity index is 1.62. The van der Waals surface area contributed by atoms with Gasteiger partial charge in [0.25, 0.3) is 0 Å². The first-order valence-corrected chi connectivity index (χ1v) is 8.49. The Kier molecular flexibility index (Phi) is 4.54. The van der Waals surface area contributed by atoms with E-state index >= 15 is 0 Å². The van der Waals surface area contributed by atoms with E-state index in [-0.39, 0.29) is 11.9 Å². The lowest BCUT2D eigenvalue weighted by Crippen LogP contribution is -2.49. The molecule has 0 aliphatic carbocycles. The van der Waals surface area contributed by atoms with Crippen LogP contribution in [-0.2, 0) is 4.79 Å². The van der Waals surface area contributed by atoms with Gasteiger partial charge in [0.1, 0.15) is 17.0 Å². The summed E-state index contributed by atoms with van der Waals surface area (Å²) in [5.74, 6) is 1.19. The van der Waals surface area contributed by atoms with Crippen molar-refractivity contribution in [3.63, 3.8) is 0 Å². The third-order valence-corrected chi connectivity index (χ3v) is 4.81. The number of nitrogens with zero attached hydrogens (tertiary/aromatic N) is 4. The van der Waals surface area contributed by atoms with Gasteiger partial charge in [-0.2, -0.15) is 0 Å². The van der Waals surface area contributed by atoms with Crippen LogP contribution in [0.15, 0.2) is 17.8 Å². The molecule has 0 aromatic carbocycles. The maximum absolute atomic E-state index is 12.1. The molecule has 6 nitrogen and oxygen atoms in total. The van der Waals surface area contributed by atoms with Crippen LogP contribution < -0.4 is 10.6 Å². The van der Waals surface area contributed by atoms with Gasteiger partial charge in [-0.1, -0.05) is 0 Å². The summed E-state index contributed by atoms with van der Waals surface area (Å²) in [6.07, 6.45) is 2.91. The minimum Gasteiger partial charge on any atom is -0.352 e. The van der Waals surface area contributed by atoms with Crippen LogP contribution in [0.25, 0.3) is 10.2 Å². The zero-order valence-electron chi connectivity index (χ0n) is 12.7. The predicted octanol–water partition coefficient (Wildman–Crippen LogP) is 1.47. The molecule has 3 rings (SSSR count). The molecule has 1 atom stereocenters. The second-order valence-corrected chi connectivity index (χ2v) is 6.62. The van der Waals surface area contributed by atoms with Crippen molar-refractivity contribution in [2.24, 2.45) is 5.73 Å². The highest BCUT2D eigenvalue weighted by molar-refractivity contribution is 7.16. The van der Waals surface area contributed by atoms with Crippen LogP contribution in [0.4, 0.5) is 5.82 Å².